The summed E-state index contributed by atoms with van der Waals surface area (Å²) in [4.78, 5) is 0. The lowest BCUT2D eigenvalue weighted by molar-refractivity contribution is 0.356. The molecular weight excluding hydrogens is 222 g/mol. The Labute approximate surface area is 111 Å². The second-order valence-corrected chi connectivity index (χ2v) is 5.22. The van der Waals surface area contributed by atoms with Crippen LogP contribution in [-0.2, 0) is 6.54 Å². The molecule has 1 N–H and O–H groups in total. The van der Waals surface area contributed by atoms with E-state index in [0.29, 0.717) is 12.5 Å². The largest absolute Gasteiger partial charge is 0.489 e. The smallest absolute Gasteiger partial charge is 0.124 e. The molecule has 2 nitrogen and oxygen atoms in total. The maximum atomic E-state index is 5.79. The van der Waals surface area contributed by atoms with E-state index >= 15 is 0 Å². The lowest BCUT2D eigenvalue weighted by Gasteiger charge is -2.12. The van der Waals surface area contributed by atoms with Crippen LogP contribution in [0, 0.1) is 5.92 Å². The van der Waals surface area contributed by atoms with E-state index in [1.165, 1.54) is 11.1 Å². The Kier molecular flexibility index (Phi) is 6.51. The van der Waals surface area contributed by atoms with Gasteiger partial charge in [-0.1, -0.05) is 37.6 Å². The monoisotopic (exact) mass is 247 g/mol. The van der Waals surface area contributed by atoms with Crippen LogP contribution in [-0.4, -0.2) is 13.2 Å². The van der Waals surface area contributed by atoms with E-state index in [2.05, 4.69) is 51.2 Å². The molecule has 0 spiro atoms. The zero-order valence-corrected chi connectivity index (χ0v) is 12.0. The van der Waals surface area contributed by atoms with Crippen molar-refractivity contribution in [3.63, 3.8) is 0 Å². The van der Waals surface area contributed by atoms with E-state index in [4.69, 9.17) is 4.74 Å². The number of para-hydroxylation sites is 1. The van der Waals surface area contributed by atoms with E-state index in [9.17, 15) is 0 Å². The van der Waals surface area contributed by atoms with Crippen LogP contribution in [0.25, 0.3) is 0 Å². The SMILES string of the molecule is CC(C)=CCOc1ccccc1CNCC(C)C. The van der Waals surface area contributed by atoms with Gasteiger partial charge < -0.3 is 10.1 Å². The molecule has 0 radical (unpaired) electrons. The molecule has 0 bridgehead atoms. The van der Waals surface area contributed by atoms with Gasteiger partial charge in [0.15, 0.2) is 0 Å². The minimum atomic E-state index is 0.642. The van der Waals surface area contributed by atoms with Crippen molar-refractivity contribution < 1.29 is 4.74 Å². The minimum absolute atomic E-state index is 0.642. The number of hydrogen-bond donors (Lipinski definition) is 1. The molecule has 0 aliphatic heterocycles. The van der Waals surface area contributed by atoms with E-state index in [-0.39, 0.29) is 0 Å². The molecule has 1 rings (SSSR count). The summed E-state index contributed by atoms with van der Waals surface area (Å²) in [5.74, 6) is 1.65. The summed E-state index contributed by atoms with van der Waals surface area (Å²) in [6, 6.07) is 8.22. The molecule has 0 fully saturated rings. The first kappa shape index (κ1) is 14.8. The summed E-state index contributed by atoms with van der Waals surface area (Å²) in [6.07, 6.45) is 2.10. The van der Waals surface area contributed by atoms with Crippen LogP contribution in [0.2, 0.25) is 0 Å². The fourth-order valence-corrected chi connectivity index (χ4v) is 1.58. The molecular formula is C16H25NO. The van der Waals surface area contributed by atoms with Crippen molar-refractivity contribution >= 4 is 0 Å². The molecule has 0 aliphatic carbocycles. The second-order valence-electron chi connectivity index (χ2n) is 5.22. The maximum absolute atomic E-state index is 5.79. The van der Waals surface area contributed by atoms with Crippen LogP contribution in [0.5, 0.6) is 5.75 Å². The van der Waals surface area contributed by atoms with Crippen molar-refractivity contribution in [2.24, 2.45) is 5.92 Å². The molecule has 0 aliphatic rings. The second kappa shape index (κ2) is 7.93. The summed E-state index contributed by atoms with van der Waals surface area (Å²) < 4.78 is 5.79. The van der Waals surface area contributed by atoms with Crippen molar-refractivity contribution in [3.05, 3.63) is 41.5 Å². The van der Waals surface area contributed by atoms with Crippen LogP contribution in [0.15, 0.2) is 35.9 Å². The number of rotatable bonds is 7. The van der Waals surface area contributed by atoms with Crippen LogP contribution >= 0.6 is 0 Å². The molecule has 2 heteroatoms. The Balaban J connectivity index is 2.53. The van der Waals surface area contributed by atoms with Gasteiger partial charge in [-0.05, 0) is 38.5 Å². The summed E-state index contributed by atoms with van der Waals surface area (Å²) >= 11 is 0. The van der Waals surface area contributed by atoms with Crippen LogP contribution in [0.4, 0.5) is 0 Å². The Morgan fingerprint density at radius 2 is 2.00 bits per heavy atom. The maximum Gasteiger partial charge on any atom is 0.124 e. The van der Waals surface area contributed by atoms with Gasteiger partial charge in [0.05, 0.1) is 0 Å². The number of ether oxygens (including phenoxy) is 1. The van der Waals surface area contributed by atoms with Gasteiger partial charge in [0.2, 0.25) is 0 Å². The number of allylic oxidation sites excluding steroid dienone is 1. The van der Waals surface area contributed by atoms with Gasteiger partial charge in [0.25, 0.3) is 0 Å². The first-order chi connectivity index (χ1) is 8.59. The molecule has 0 aromatic heterocycles. The molecule has 0 amide bonds. The predicted octanol–water partition coefficient (Wildman–Crippen LogP) is 3.78. The van der Waals surface area contributed by atoms with Crippen molar-refractivity contribution in [3.8, 4) is 5.75 Å². The minimum Gasteiger partial charge on any atom is -0.489 e. The third kappa shape index (κ3) is 5.87. The first-order valence-corrected chi connectivity index (χ1v) is 6.64. The Bertz CT molecular complexity index is 378. The van der Waals surface area contributed by atoms with E-state index < -0.39 is 0 Å². The van der Waals surface area contributed by atoms with Crippen molar-refractivity contribution in [1.29, 1.82) is 0 Å². The van der Waals surface area contributed by atoms with Crippen molar-refractivity contribution in [2.45, 2.75) is 34.2 Å². The van der Waals surface area contributed by atoms with Crippen LogP contribution in [0.3, 0.4) is 0 Å². The molecule has 18 heavy (non-hydrogen) atoms. The number of nitrogens with one attached hydrogen (secondary N) is 1. The topological polar surface area (TPSA) is 21.3 Å². The predicted molar refractivity (Wildman–Crippen MR) is 77.9 cm³/mol. The standard InChI is InChI=1S/C16H25NO/c1-13(2)9-10-18-16-8-6-5-7-15(16)12-17-11-14(3)4/h5-9,14,17H,10-12H2,1-4H3. The Hall–Kier alpha value is -1.28. The fourth-order valence-electron chi connectivity index (χ4n) is 1.58. The summed E-state index contributed by atoms with van der Waals surface area (Å²) in [7, 11) is 0. The molecule has 1 aromatic rings. The lowest BCUT2D eigenvalue weighted by Crippen LogP contribution is -2.19. The fraction of sp³-hybridized carbons (Fsp3) is 0.500. The third-order valence-electron chi connectivity index (χ3n) is 2.57. The van der Waals surface area contributed by atoms with Gasteiger partial charge in [0.1, 0.15) is 12.4 Å². The van der Waals surface area contributed by atoms with E-state index in [1.54, 1.807) is 0 Å². The van der Waals surface area contributed by atoms with E-state index in [0.717, 1.165) is 18.8 Å². The van der Waals surface area contributed by atoms with Gasteiger partial charge in [-0.2, -0.15) is 0 Å². The average Bonchev–Trinajstić information content (AvgIpc) is 2.30. The molecule has 100 valence electrons. The summed E-state index contributed by atoms with van der Waals surface area (Å²) in [6.45, 7) is 11.1. The normalized spacial score (nSPS) is 10.5. The van der Waals surface area contributed by atoms with Crippen LogP contribution < -0.4 is 10.1 Å². The average molecular weight is 247 g/mol. The van der Waals surface area contributed by atoms with Gasteiger partial charge in [-0.3, -0.25) is 0 Å². The van der Waals surface area contributed by atoms with Crippen molar-refractivity contribution in [1.82, 2.24) is 5.32 Å². The van der Waals surface area contributed by atoms with Crippen LogP contribution in [0.1, 0.15) is 33.3 Å². The molecule has 0 saturated carbocycles. The highest BCUT2D eigenvalue weighted by Crippen LogP contribution is 2.17. The van der Waals surface area contributed by atoms with Crippen molar-refractivity contribution in [2.75, 3.05) is 13.2 Å². The van der Waals surface area contributed by atoms with Gasteiger partial charge >= 0.3 is 0 Å². The number of benzene rings is 1. The highest BCUT2D eigenvalue weighted by Gasteiger charge is 2.02. The van der Waals surface area contributed by atoms with Gasteiger partial charge in [0, 0.05) is 12.1 Å². The van der Waals surface area contributed by atoms with Gasteiger partial charge in [-0.15, -0.1) is 0 Å². The molecule has 0 heterocycles. The summed E-state index contributed by atoms with van der Waals surface area (Å²) in [5, 5.41) is 3.45. The van der Waals surface area contributed by atoms with Gasteiger partial charge in [-0.25, -0.2) is 0 Å². The molecule has 0 saturated heterocycles. The highest BCUT2D eigenvalue weighted by molar-refractivity contribution is 5.33. The lowest BCUT2D eigenvalue weighted by atomic mass is 10.2. The zero-order chi connectivity index (χ0) is 13.4. The number of hydrogen-bond acceptors (Lipinski definition) is 2. The Morgan fingerprint density at radius 3 is 2.67 bits per heavy atom. The van der Waals surface area contributed by atoms with E-state index in [1.807, 2.05) is 12.1 Å². The molecule has 0 unspecified atom stereocenters. The molecule has 1 aromatic carbocycles. The first-order valence-electron chi connectivity index (χ1n) is 6.64. The Morgan fingerprint density at radius 1 is 1.28 bits per heavy atom. The summed E-state index contributed by atoms with van der Waals surface area (Å²) in [5.41, 5.74) is 2.51. The highest BCUT2D eigenvalue weighted by atomic mass is 16.5. The quantitative estimate of drug-likeness (QED) is 0.740. The molecule has 0 atom stereocenters. The third-order valence-corrected chi connectivity index (χ3v) is 2.57. The zero-order valence-electron chi connectivity index (χ0n) is 12.0.